The summed E-state index contributed by atoms with van der Waals surface area (Å²) >= 11 is 0. The number of nitrogens with zero attached hydrogens (tertiary/aromatic N) is 4. The highest BCUT2D eigenvalue weighted by Gasteiger charge is 2.41. The van der Waals surface area contributed by atoms with Gasteiger partial charge in [0.1, 0.15) is 11.9 Å². The van der Waals surface area contributed by atoms with Crippen molar-refractivity contribution in [3.05, 3.63) is 90.1 Å². The summed E-state index contributed by atoms with van der Waals surface area (Å²) in [7, 11) is 2.09. The Kier molecular flexibility index (Phi) is 5.18. The van der Waals surface area contributed by atoms with Crippen LogP contribution in [0.2, 0.25) is 0 Å². The minimum atomic E-state index is -0.138. The van der Waals surface area contributed by atoms with Crippen molar-refractivity contribution in [2.45, 2.75) is 32.2 Å². The maximum Gasteiger partial charge on any atom is 0.327 e. The lowest BCUT2D eigenvalue weighted by molar-refractivity contribution is -0.405. The fourth-order valence-corrected chi connectivity index (χ4v) is 5.11. The van der Waals surface area contributed by atoms with Crippen LogP contribution in [-0.4, -0.2) is 26.9 Å². The zero-order valence-corrected chi connectivity index (χ0v) is 19.3. The van der Waals surface area contributed by atoms with Crippen LogP contribution in [0.4, 0.5) is 5.82 Å². The first-order valence-electron chi connectivity index (χ1n) is 11.3. The third-order valence-corrected chi connectivity index (χ3v) is 6.69. The molecule has 162 valence electrons. The number of hydrogen-bond acceptors (Lipinski definition) is 2. The predicted molar refractivity (Wildman–Crippen MR) is 135 cm³/mol. The summed E-state index contributed by atoms with van der Waals surface area (Å²) < 4.78 is 4.49. The highest BCUT2D eigenvalue weighted by Crippen LogP contribution is 2.39. The highest BCUT2D eigenvalue weighted by atomic mass is 15.1. The molecule has 0 unspecified atom stereocenters. The molecule has 5 rings (SSSR count). The van der Waals surface area contributed by atoms with Gasteiger partial charge in [0.05, 0.1) is 36.2 Å². The molecule has 2 aromatic carbocycles. The number of nitriles is 1. The number of aryl methyl sites for hydroxylation is 1. The van der Waals surface area contributed by atoms with Gasteiger partial charge in [-0.15, -0.1) is 0 Å². The lowest BCUT2D eigenvalue weighted by Crippen LogP contribution is -2.26. The van der Waals surface area contributed by atoms with Gasteiger partial charge in [-0.05, 0) is 54.7 Å². The summed E-state index contributed by atoms with van der Waals surface area (Å²) in [6, 6.07) is 25.4. The van der Waals surface area contributed by atoms with Crippen molar-refractivity contribution in [2.75, 3.05) is 7.05 Å². The van der Waals surface area contributed by atoms with E-state index in [1.54, 1.807) is 0 Å². The molecule has 33 heavy (non-hydrogen) atoms. The average molecular weight is 432 g/mol. The van der Waals surface area contributed by atoms with E-state index in [9.17, 15) is 5.26 Å². The summed E-state index contributed by atoms with van der Waals surface area (Å²) in [4.78, 5) is 4.63. The molecule has 0 saturated heterocycles. The SMILES string of the molecule is C[N+]1=C(/C=C/c2c(-c3ccccc3)n(CCC#N)c3ccccc23)C(C)(C)c2cccnc21. The molecule has 0 spiro atoms. The molecule has 4 heteroatoms. The first-order valence-corrected chi connectivity index (χ1v) is 11.3. The number of para-hydroxylation sites is 1. The molecule has 4 nitrogen and oxygen atoms in total. The Balaban J connectivity index is 1.72. The summed E-state index contributed by atoms with van der Waals surface area (Å²) in [5, 5.41) is 10.5. The van der Waals surface area contributed by atoms with Crippen LogP contribution in [0.3, 0.4) is 0 Å². The van der Waals surface area contributed by atoms with Gasteiger partial charge in [-0.2, -0.15) is 5.26 Å². The number of allylic oxidation sites excluding steroid dienone is 1. The van der Waals surface area contributed by atoms with Crippen LogP contribution >= 0.6 is 0 Å². The lowest BCUT2D eigenvalue weighted by atomic mass is 9.82. The second-order valence-electron chi connectivity index (χ2n) is 8.98. The standard InChI is InChI=1S/C29H27N4/c1-29(2)24-14-9-19-31-28(24)32(3)26(29)17-16-23-22-13-7-8-15-25(22)33(20-10-18-30)27(23)21-11-5-4-6-12-21/h4-9,11-17,19H,10,20H2,1-3H3/q+1. The van der Waals surface area contributed by atoms with E-state index in [0.717, 1.165) is 22.6 Å². The summed E-state index contributed by atoms with van der Waals surface area (Å²) in [6.45, 7) is 5.17. The second kappa shape index (κ2) is 8.18. The molecular formula is C29H27N4+. The molecule has 1 aliphatic heterocycles. The molecule has 0 bridgehead atoms. The molecule has 0 amide bonds. The van der Waals surface area contributed by atoms with Crippen LogP contribution in [0.15, 0.2) is 79.0 Å². The smallest absolute Gasteiger partial charge is 0.327 e. The molecular weight excluding hydrogens is 404 g/mol. The molecule has 0 saturated carbocycles. The van der Waals surface area contributed by atoms with Gasteiger partial charge in [0.25, 0.3) is 0 Å². The van der Waals surface area contributed by atoms with Crippen LogP contribution < -0.4 is 0 Å². The van der Waals surface area contributed by atoms with Gasteiger partial charge in [0.2, 0.25) is 0 Å². The Hall–Kier alpha value is -3.97. The zero-order chi connectivity index (χ0) is 23.0. The van der Waals surface area contributed by atoms with E-state index in [1.165, 1.54) is 22.2 Å². The van der Waals surface area contributed by atoms with Gasteiger partial charge in [-0.3, -0.25) is 0 Å². The van der Waals surface area contributed by atoms with E-state index in [1.807, 2.05) is 18.3 Å². The monoisotopic (exact) mass is 431 g/mol. The molecule has 0 atom stereocenters. The Morgan fingerprint density at radius 3 is 2.52 bits per heavy atom. The minimum absolute atomic E-state index is 0.138. The van der Waals surface area contributed by atoms with E-state index in [-0.39, 0.29) is 5.41 Å². The Morgan fingerprint density at radius 2 is 1.76 bits per heavy atom. The van der Waals surface area contributed by atoms with Gasteiger partial charge in [0, 0.05) is 23.0 Å². The number of aromatic nitrogens is 2. The van der Waals surface area contributed by atoms with E-state index in [0.29, 0.717) is 13.0 Å². The fourth-order valence-electron chi connectivity index (χ4n) is 5.11. The first-order chi connectivity index (χ1) is 16.0. The quantitative estimate of drug-likeness (QED) is 0.346. The van der Waals surface area contributed by atoms with Crippen LogP contribution in [0.25, 0.3) is 28.2 Å². The predicted octanol–water partition coefficient (Wildman–Crippen LogP) is 6.34. The Morgan fingerprint density at radius 1 is 1.00 bits per heavy atom. The summed E-state index contributed by atoms with van der Waals surface area (Å²) in [5.41, 5.74) is 6.95. The van der Waals surface area contributed by atoms with Crippen molar-refractivity contribution >= 4 is 28.5 Å². The van der Waals surface area contributed by atoms with Crippen LogP contribution in [0.1, 0.15) is 31.4 Å². The zero-order valence-electron chi connectivity index (χ0n) is 19.3. The maximum atomic E-state index is 9.30. The number of hydrogen-bond donors (Lipinski definition) is 0. The van der Waals surface area contributed by atoms with E-state index < -0.39 is 0 Å². The van der Waals surface area contributed by atoms with E-state index in [2.05, 4.69) is 108 Å². The molecule has 1 aliphatic rings. The topological polar surface area (TPSA) is 44.6 Å². The maximum absolute atomic E-state index is 9.30. The normalized spacial score (nSPS) is 14.7. The summed E-state index contributed by atoms with van der Waals surface area (Å²) in [6.07, 6.45) is 6.81. The van der Waals surface area contributed by atoms with Crippen molar-refractivity contribution in [1.82, 2.24) is 9.55 Å². The van der Waals surface area contributed by atoms with E-state index in [4.69, 9.17) is 0 Å². The van der Waals surface area contributed by atoms with Crippen molar-refractivity contribution in [1.29, 1.82) is 5.26 Å². The molecule has 3 heterocycles. The molecule has 0 fully saturated rings. The third-order valence-electron chi connectivity index (χ3n) is 6.69. The molecule has 4 aromatic rings. The number of pyridine rings is 1. The second-order valence-corrected chi connectivity index (χ2v) is 8.98. The largest absolute Gasteiger partial charge is 0.339 e. The Labute approximate surface area is 194 Å². The summed E-state index contributed by atoms with van der Waals surface area (Å²) in [5.74, 6) is 1.02. The first kappa shape index (κ1) is 20.9. The number of fused-ring (bicyclic) bond motifs is 2. The minimum Gasteiger partial charge on any atom is -0.339 e. The van der Waals surface area contributed by atoms with Crippen LogP contribution in [0.5, 0.6) is 0 Å². The molecule has 0 aliphatic carbocycles. The number of benzene rings is 2. The number of rotatable bonds is 5. The average Bonchev–Trinajstić information content (AvgIpc) is 3.25. The third kappa shape index (κ3) is 3.37. The van der Waals surface area contributed by atoms with Crippen molar-refractivity contribution < 1.29 is 4.58 Å². The van der Waals surface area contributed by atoms with Gasteiger partial charge < -0.3 is 4.57 Å². The van der Waals surface area contributed by atoms with Crippen LogP contribution in [0, 0.1) is 11.3 Å². The molecule has 0 radical (unpaired) electrons. The van der Waals surface area contributed by atoms with Crippen molar-refractivity contribution in [3.8, 4) is 17.3 Å². The lowest BCUT2D eigenvalue weighted by Gasteiger charge is -2.17. The van der Waals surface area contributed by atoms with Gasteiger partial charge in [-0.25, -0.2) is 4.58 Å². The fraction of sp³-hybridized carbons (Fsp3) is 0.207. The van der Waals surface area contributed by atoms with Crippen LogP contribution in [-0.2, 0) is 12.0 Å². The van der Waals surface area contributed by atoms with Crippen molar-refractivity contribution in [2.24, 2.45) is 0 Å². The van der Waals surface area contributed by atoms with Gasteiger partial charge in [-0.1, -0.05) is 48.5 Å². The van der Waals surface area contributed by atoms with E-state index >= 15 is 0 Å². The van der Waals surface area contributed by atoms with Gasteiger partial charge >= 0.3 is 5.82 Å². The highest BCUT2D eigenvalue weighted by molar-refractivity contribution is 6.07. The Bertz CT molecular complexity index is 1450. The van der Waals surface area contributed by atoms with Gasteiger partial charge in [0.15, 0.2) is 0 Å². The molecule has 2 aromatic heterocycles. The van der Waals surface area contributed by atoms with Crippen molar-refractivity contribution in [3.63, 3.8) is 0 Å². The molecule has 0 N–H and O–H groups in total.